The number of hydrogen-bond acceptors (Lipinski definition) is 5. The molecule has 14 heavy (non-hydrogen) atoms. The van der Waals surface area contributed by atoms with Crippen LogP contribution in [0, 0.1) is 17.0 Å². The van der Waals surface area contributed by atoms with Crippen LogP contribution >= 0.6 is 0 Å². The van der Waals surface area contributed by atoms with E-state index < -0.39 is 14.8 Å². The molecule has 7 heteroatoms. The van der Waals surface area contributed by atoms with Gasteiger partial charge in [0.05, 0.1) is 4.92 Å². The van der Waals surface area contributed by atoms with Crippen LogP contribution in [0.1, 0.15) is 5.56 Å². The highest BCUT2D eigenvalue weighted by atomic mass is 32.2. The van der Waals surface area contributed by atoms with Crippen molar-refractivity contribution in [2.75, 3.05) is 6.26 Å². The monoisotopic (exact) mass is 216 g/mol. The van der Waals surface area contributed by atoms with Gasteiger partial charge in [0, 0.05) is 11.8 Å². The van der Waals surface area contributed by atoms with Crippen molar-refractivity contribution in [1.29, 1.82) is 0 Å². The summed E-state index contributed by atoms with van der Waals surface area (Å²) in [5.74, 6) is 0. The molecule has 0 atom stereocenters. The molecule has 1 rings (SSSR count). The van der Waals surface area contributed by atoms with E-state index in [-0.39, 0.29) is 16.3 Å². The fourth-order valence-electron chi connectivity index (χ4n) is 0.917. The third-order valence-corrected chi connectivity index (χ3v) is 2.62. The van der Waals surface area contributed by atoms with Crippen molar-refractivity contribution in [3.63, 3.8) is 0 Å². The average Bonchev–Trinajstić information content (AvgIpc) is 2.01. The minimum Gasteiger partial charge on any atom is -0.258 e. The van der Waals surface area contributed by atoms with Gasteiger partial charge in [0.15, 0.2) is 14.9 Å². The minimum atomic E-state index is -3.40. The molecule has 0 spiro atoms. The quantitative estimate of drug-likeness (QED) is 0.536. The van der Waals surface area contributed by atoms with Crippen molar-refractivity contribution in [3.05, 3.63) is 27.9 Å². The van der Waals surface area contributed by atoms with E-state index in [1.54, 1.807) is 0 Å². The molecule has 0 amide bonds. The van der Waals surface area contributed by atoms with E-state index in [1.807, 2.05) is 0 Å². The van der Waals surface area contributed by atoms with Gasteiger partial charge in [0.2, 0.25) is 0 Å². The van der Waals surface area contributed by atoms with Gasteiger partial charge in [-0.15, -0.1) is 0 Å². The van der Waals surface area contributed by atoms with E-state index in [4.69, 9.17) is 0 Å². The first-order chi connectivity index (χ1) is 6.32. The second-order valence-corrected chi connectivity index (χ2v) is 4.80. The Labute approximate surface area is 80.7 Å². The maximum absolute atomic E-state index is 11.0. The SMILES string of the molecule is Cc1cc(S(C)(=O)=O)ncc1[N+](=O)[O-]. The zero-order chi connectivity index (χ0) is 10.9. The van der Waals surface area contributed by atoms with Crippen molar-refractivity contribution in [1.82, 2.24) is 4.98 Å². The summed E-state index contributed by atoms with van der Waals surface area (Å²) in [5, 5.41) is 10.2. The van der Waals surface area contributed by atoms with Crippen LogP contribution in [0.2, 0.25) is 0 Å². The summed E-state index contributed by atoms with van der Waals surface area (Å²) >= 11 is 0. The molecular formula is C7H8N2O4S. The molecule has 0 aromatic carbocycles. The zero-order valence-corrected chi connectivity index (χ0v) is 8.41. The van der Waals surface area contributed by atoms with E-state index in [0.29, 0.717) is 0 Å². The molecule has 0 bridgehead atoms. The van der Waals surface area contributed by atoms with E-state index in [2.05, 4.69) is 4.98 Å². The maximum atomic E-state index is 11.0. The lowest BCUT2D eigenvalue weighted by Gasteiger charge is -1.99. The van der Waals surface area contributed by atoms with E-state index in [0.717, 1.165) is 12.5 Å². The summed E-state index contributed by atoms with van der Waals surface area (Å²) in [6.45, 7) is 1.47. The molecule has 0 saturated carbocycles. The predicted molar refractivity (Wildman–Crippen MR) is 48.7 cm³/mol. The van der Waals surface area contributed by atoms with Crippen LogP contribution in [0.3, 0.4) is 0 Å². The number of nitro groups is 1. The van der Waals surface area contributed by atoms with Gasteiger partial charge in [-0.1, -0.05) is 0 Å². The van der Waals surface area contributed by atoms with Crippen LogP contribution in [0.25, 0.3) is 0 Å². The van der Waals surface area contributed by atoms with Crippen LogP contribution in [0.5, 0.6) is 0 Å². The van der Waals surface area contributed by atoms with Gasteiger partial charge >= 0.3 is 0 Å². The van der Waals surface area contributed by atoms with Crippen LogP contribution in [-0.4, -0.2) is 24.6 Å². The summed E-state index contributed by atoms with van der Waals surface area (Å²) < 4.78 is 22.1. The molecule has 0 aliphatic carbocycles. The fraction of sp³-hybridized carbons (Fsp3) is 0.286. The molecule has 0 aliphatic rings. The summed E-state index contributed by atoms with van der Waals surface area (Å²) in [6, 6.07) is 1.19. The Hall–Kier alpha value is -1.50. The molecule has 0 saturated heterocycles. The van der Waals surface area contributed by atoms with Crippen molar-refractivity contribution < 1.29 is 13.3 Å². The largest absolute Gasteiger partial charge is 0.290 e. The van der Waals surface area contributed by atoms with Gasteiger partial charge < -0.3 is 0 Å². The third-order valence-electron chi connectivity index (χ3n) is 1.63. The molecular weight excluding hydrogens is 208 g/mol. The molecule has 0 aliphatic heterocycles. The van der Waals surface area contributed by atoms with Crippen molar-refractivity contribution >= 4 is 15.5 Å². The molecule has 0 unspecified atom stereocenters. The van der Waals surface area contributed by atoms with Gasteiger partial charge in [-0.2, -0.15) is 0 Å². The van der Waals surface area contributed by atoms with Gasteiger partial charge in [0.1, 0.15) is 6.20 Å². The summed E-state index contributed by atoms with van der Waals surface area (Å²) in [5.41, 5.74) is 0.0998. The van der Waals surface area contributed by atoms with Crippen molar-refractivity contribution in [2.45, 2.75) is 11.9 Å². The molecule has 0 fully saturated rings. The zero-order valence-electron chi connectivity index (χ0n) is 7.59. The third kappa shape index (κ3) is 2.05. The first-order valence-corrected chi connectivity index (χ1v) is 5.52. The summed E-state index contributed by atoms with van der Waals surface area (Å²) in [6.07, 6.45) is 1.95. The van der Waals surface area contributed by atoms with Crippen LogP contribution in [0.15, 0.2) is 17.3 Å². The molecule has 6 nitrogen and oxygen atoms in total. The average molecular weight is 216 g/mol. The highest BCUT2D eigenvalue weighted by Crippen LogP contribution is 2.18. The minimum absolute atomic E-state index is 0.152. The van der Waals surface area contributed by atoms with E-state index in [9.17, 15) is 18.5 Å². The highest BCUT2D eigenvalue weighted by molar-refractivity contribution is 7.90. The van der Waals surface area contributed by atoms with Gasteiger partial charge in [-0.05, 0) is 13.0 Å². The number of aryl methyl sites for hydroxylation is 1. The lowest BCUT2D eigenvalue weighted by Crippen LogP contribution is -2.02. The van der Waals surface area contributed by atoms with Gasteiger partial charge in [-0.3, -0.25) is 10.1 Å². The summed E-state index contributed by atoms with van der Waals surface area (Å²) in [4.78, 5) is 13.3. The number of nitrogens with zero attached hydrogens (tertiary/aromatic N) is 2. The Morgan fingerprint density at radius 3 is 2.43 bits per heavy atom. The Balaban J connectivity index is 3.34. The van der Waals surface area contributed by atoms with Crippen molar-refractivity contribution in [3.8, 4) is 0 Å². The Morgan fingerprint density at radius 1 is 1.50 bits per heavy atom. The first kappa shape index (κ1) is 10.6. The second kappa shape index (κ2) is 3.33. The number of pyridine rings is 1. The standard InChI is InChI=1S/C7H8N2O4S/c1-5-3-7(14(2,12)13)8-4-6(5)9(10)11/h3-4H,1-2H3. The lowest BCUT2D eigenvalue weighted by atomic mass is 10.3. The molecule has 0 N–H and O–H groups in total. The Kier molecular flexibility index (Phi) is 2.52. The van der Waals surface area contributed by atoms with Gasteiger partial charge in [-0.25, -0.2) is 13.4 Å². The second-order valence-electron chi connectivity index (χ2n) is 2.84. The smallest absolute Gasteiger partial charge is 0.258 e. The highest BCUT2D eigenvalue weighted by Gasteiger charge is 2.15. The molecule has 1 aromatic heterocycles. The Bertz CT molecular complexity index is 480. The molecule has 1 heterocycles. The van der Waals surface area contributed by atoms with Crippen LogP contribution < -0.4 is 0 Å². The topological polar surface area (TPSA) is 90.2 Å². The van der Waals surface area contributed by atoms with E-state index in [1.165, 1.54) is 13.0 Å². The summed E-state index contributed by atoms with van der Waals surface area (Å²) in [7, 11) is -3.40. The lowest BCUT2D eigenvalue weighted by molar-refractivity contribution is -0.385. The van der Waals surface area contributed by atoms with Crippen LogP contribution in [-0.2, 0) is 9.84 Å². The normalized spacial score (nSPS) is 11.3. The molecule has 76 valence electrons. The maximum Gasteiger partial charge on any atom is 0.290 e. The molecule has 0 radical (unpaired) electrons. The predicted octanol–water partition coefficient (Wildman–Crippen LogP) is 0.702. The van der Waals surface area contributed by atoms with Crippen LogP contribution in [0.4, 0.5) is 5.69 Å². The number of sulfone groups is 1. The number of aromatic nitrogens is 1. The Morgan fingerprint density at radius 2 is 2.07 bits per heavy atom. The van der Waals surface area contributed by atoms with E-state index >= 15 is 0 Å². The fourth-order valence-corrected chi connectivity index (χ4v) is 1.55. The number of rotatable bonds is 2. The molecule has 1 aromatic rings. The van der Waals surface area contributed by atoms with Crippen molar-refractivity contribution in [2.24, 2.45) is 0 Å². The number of hydrogen-bond donors (Lipinski definition) is 0. The first-order valence-electron chi connectivity index (χ1n) is 3.63. The van der Waals surface area contributed by atoms with Gasteiger partial charge in [0.25, 0.3) is 5.69 Å².